The largest absolute Gasteiger partial charge is 0.494 e. The van der Waals surface area contributed by atoms with E-state index in [4.69, 9.17) is 4.74 Å². The zero-order valence-electron chi connectivity index (χ0n) is 14.9. The van der Waals surface area contributed by atoms with E-state index >= 15 is 0 Å². The van der Waals surface area contributed by atoms with Crippen molar-refractivity contribution in [1.29, 1.82) is 0 Å². The fourth-order valence-corrected chi connectivity index (χ4v) is 2.76. The lowest BCUT2D eigenvalue weighted by atomic mass is 10.1. The van der Waals surface area contributed by atoms with E-state index in [9.17, 15) is 9.59 Å². The van der Waals surface area contributed by atoms with E-state index < -0.39 is 0 Å². The summed E-state index contributed by atoms with van der Waals surface area (Å²) >= 11 is 0. The van der Waals surface area contributed by atoms with Crippen LogP contribution in [0.3, 0.4) is 0 Å². The third-order valence-electron chi connectivity index (χ3n) is 3.94. The molecule has 0 saturated carbocycles. The Morgan fingerprint density at radius 2 is 1.77 bits per heavy atom. The molecule has 134 valence electrons. The molecule has 0 aliphatic carbocycles. The van der Waals surface area contributed by atoms with E-state index in [1.54, 1.807) is 48.5 Å². The highest BCUT2D eigenvalue weighted by Crippen LogP contribution is 2.18. The summed E-state index contributed by atoms with van der Waals surface area (Å²) in [6.45, 7) is 4.92. The van der Waals surface area contributed by atoms with Gasteiger partial charge in [-0.3, -0.25) is 9.59 Å². The molecule has 1 N–H and O–H groups in total. The fourth-order valence-electron chi connectivity index (χ4n) is 2.76. The van der Waals surface area contributed by atoms with Crippen molar-refractivity contribution in [1.82, 2.24) is 9.78 Å². The second-order valence-corrected chi connectivity index (χ2v) is 5.83. The molecule has 26 heavy (non-hydrogen) atoms. The number of nitrogens with one attached hydrogen (secondary N) is 1. The van der Waals surface area contributed by atoms with Crippen LogP contribution < -0.4 is 15.6 Å². The molecule has 0 fully saturated rings. The number of fused-ring (bicyclic) bond motifs is 1. The average Bonchev–Trinajstić information content (AvgIpc) is 2.66. The molecule has 1 heterocycles. The minimum Gasteiger partial charge on any atom is -0.494 e. The first kappa shape index (κ1) is 17.7. The van der Waals surface area contributed by atoms with Gasteiger partial charge in [0.1, 0.15) is 5.75 Å². The molecule has 0 bridgehead atoms. The van der Waals surface area contributed by atoms with Crippen molar-refractivity contribution in [2.45, 2.75) is 26.8 Å². The topological polar surface area (TPSA) is 73.2 Å². The van der Waals surface area contributed by atoms with Gasteiger partial charge in [0.2, 0.25) is 0 Å². The molecular formula is C20H21N3O3. The lowest BCUT2D eigenvalue weighted by Gasteiger charge is -2.11. The van der Waals surface area contributed by atoms with Gasteiger partial charge in [0.25, 0.3) is 11.5 Å². The third-order valence-corrected chi connectivity index (χ3v) is 3.94. The minimum atomic E-state index is -0.352. The summed E-state index contributed by atoms with van der Waals surface area (Å²) in [6.07, 6.45) is 0.755. The number of aromatic nitrogens is 2. The van der Waals surface area contributed by atoms with Crippen LogP contribution in [0.5, 0.6) is 5.75 Å². The quantitative estimate of drug-likeness (QED) is 0.738. The highest BCUT2D eigenvalue weighted by atomic mass is 16.5. The number of anilines is 1. The highest BCUT2D eigenvalue weighted by molar-refractivity contribution is 6.11. The van der Waals surface area contributed by atoms with Gasteiger partial charge in [-0.2, -0.15) is 5.10 Å². The number of aryl methyl sites for hydroxylation is 1. The molecular weight excluding hydrogens is 330 g/mol. The molecule has 3 rings (SSSR count). The first-order valence-corrected chi connectivity index (χ1v) is 8.68. The summed E-state index contributed by atoms with van der Waals surface area (Å²) < 4.78 is 6.76. The third kappa shape index (κ3) is 3.59. The first-order chi connectivity index (χ1) is 12.6. The number of ether oxygens (including phenoxy) is 1. The summed E-state index contributed by atoms with van der Waals surface area (Å²) in [5.74, 6) is 0.390. The molecule has 0 unspecified atom stereocenters. The van der Waals surface area contributed by atoms with Crippen molar-refractivity contribution >= 4 is 22.4 Å². The maximum absolute atomic E-state index is 12.8. The van der Waals surface area contributed by atoms with Crippen LogP contribution in [0.1, 0.15) is 30.8 Å². The summed E-state index contributed by atoms with van der Waals surface area (Å²) in [7, 11) is 0. The van der Waals surface area contributed by atoms with Crippen LogP contribution in [0.2, 0.25) is 0 Å². The van der Waals surface area contributed by atoms with E-state index in [-0.39, 0.29) is 17.2 Å². The number of nitrogens with zero attached hydrogens (tertiary/aromatic N) is 2. The maximum Gasteiger partial charge on any atom is 0.276 e. The van der Waals surface area contributed by atoms with Gasteiger partial charge >= 0.3 is 0 Å². The van der Waals surface area contributed by atoms with E-state index in [1.807, 2.05) is 13.8 Å². The van der Waals surface area contributed by atoms with Gasteiger partial charge < -0.3 is 10.1 Å². The molecule has 2 aromatic carbocycles. The van der Waals surface area contributed by atoms with Crippen molar-refractivity contribution < 1.29 is 9.53 Å². The predicted octanol–water partition coefficient (Wildman–Crippen LogP) is 3.46. The lowest BCUT2D eigenvalue weighted by Crippen LogP contribution is -2.27. The number of carbonyl (C=O) groups is 1. The Labute approximate surface area is 151 Å². The number of benzene rings is 2. The molecule has 0 aliphatic rings. The van der Waals surface area contributed by atoms with Crippen molar-refractivity contribution in [2.24, 2.45) is 0 Å². The van der Waals surface area contributed by atoms with Crippen molar-refractivity contribution in [3.05, 3.63) is 64.6 Å². The Morgan fingerprint density at radius 3 is 2.42 bits per heavy atom. The van der Waals surface area contributed by atoms with Crippen LogP contribution in [-0.2, 0) is 6.54 Å². The molecule has 1 amide bonds. The zero-order valence-corrected chi connectivity index (χ0v) is 14.9. The highest BCUT2D eigenvalue weighted by Gasteiger charge is 2.16. The van der Waals surface area contributed by atoms with Crippen molar-refractivity contribution in [3.63, 3.8) is 0 Å². The van der Waals surface area contributed by atoms with E-state index in [0.29, 0.717) is 29.6 Å². The number of hydrogen-bond acceptors (Lipinski definition) is 4. The van der Waals surface area contributed by atoms with Crippen LogP contribution in [-0.4, -0.2) is 22.3 Å². The van der Waals surface area contributed by atoms with Crippen LogP contribution in [0.25, 0.3) is 10.8 Å². The van der Waals surface area contributed by atoms with Gasteiger partial charge in [0, 0.05) is 17.6 Å². The fraction of sp³-hybridized carbons (Fsp3) is 0.250. The smallest absolute Gasteiger partial charge is 0.276 e. The zero-order chi connectivity index (χ0) is 18.5. The normalized spacial score (nSPS) is 10.7. The molecule has 0 radical (unpaired) electrons. The Hall–Kier alpha value is -3.15. The van der Waals surface area contributed by atoms with Crippen molar-refractivity contribution in [2.75, 3.05) is 11.9 Å². The van der Waals surface area contributed by atoms with Gasteiger partial charge in [-0.15, -0.1) is 0 Å². The Balaban J connectivity index is 1.97. The Morgan fingerprint density at radius 1 is 1.08 bits per heavy atom. The maximum atomic E-state index is 12.8. The molecule has 6 heteroatoms. The van der Waals surface area contributed by atoms with E-state index in [0.717, 1.165) is 12.2 Å². The monoisotopic (exact) mass is 351 g/mol. The Bertz CT molecular complexity index is 978. The molecule has 6 nitrogen and oxygen atoms in total. The SMILES string of the molecule is CCCn1nc(C(=O)Nc2ccc(OCC)cc2)c2ccccc2c1=O. The number of rotatable bonds is 6. The predicted molar refractivity (Wildman–Crippen MR) is 102 cm³/mol. The minimum absolute atomic E-state index is 0.180. The summed E-state index contributed by atoms with van der Waals surface area (Å²) in [5, 5.41) is 8.18. The summed E-state index contributed by atoms with van der Waals surface area (Å²) in [6, 6.07) is 14.2. The molecule has 0 aliphatic heterocycles. The van der Waals surface area contributed by atoms with Crippen molar-refractivity contribution in [3.8, 4) is 5.75 Å². The number of hydrogen-bond donors (Lipinski definition) is 1. The molecule has 3 aromatic rings. The van der Waals surface area contributed by atoms with Gasteiger partial charge in [-0.25, -0.2) is 4.68 Å². The van der Waals surface area contributed by atoms with Crippen LogP contribution in [0.15, 0.2) is 53.3 Å². The Kier molecular flexibility index (Phi) is 5.31. The van der Waals surface area contributed by atoms with Gasteiger partial charge in [-0.05, 0) is 43.7 Å². The lowest BCUT2D eigenvalue weighted by molar-refractivity contribution is 0.102. The molecule has 0 atom stereocenters. The molecule has 0 saturated heterocycles. The summed E-state index contributed by atoms with van der Waals surface area (Å²) in [5.41, 5.74) is 0.695. The molecule has 0 spiro atoms. The number of amides is 1. The average molecular weight is 351 g/mol. The van der Waals surface area contributed by atoms with E-state index in [1.165, 1.54) is 4.68 Å². The van der Waals surface area contributed by atoms with Crippen LogP contribution >= 0.6 is 0 Å². The van der Waals surface area contributed by atoms with Crippen LogP contribution in [0.4, 0.5) is 5.69 Å². The van der Waals surface area contributed by atoms with E-state index in [2.05, 4.69) is 10.4 Å². The standard InChI is InChI=1S/C20H21N3O3/c1-3-13-23-20(25)17-8-6-5-7-16(17)18(22-23)19(24)21-14-9-11-15(12-10-14)26-4-2/h5-12H,3-4,13H2,1-2H3,(H,21,24). The summed E-state index contributed by atoms with van der Waals surface area (Å²) in [4.78, 5) is 25.3. The van der Waals surface area contributed by atoms with Gasteiger partial charge in [-0.1, -0.05) is 25.1 Å². The second-order valence-electron chi connectivity index (χ2n) is 5.83. The number of carbonyl (C=O) groups excluding carboxylic acids is 1. The van der Waals surface area contributed by atoms with Crippen LogP contribution in [0, 0.1) is 0 Å². The molecule has 1 aromatic heterocycles. The second kappa shape index (κ2) is 7.82. The first-order valence-electron chi connectivity index (χ1n) is 8.68. The van der Waals surface area contributed by atoms with Gasteiger partial charge in [0.05, 0.1) is 12.0 Å². The van der Waals surface area contributed by atoms with Gasteiger partial charge in [0.15, 0.2) is 5.69 Å².